The molecule has 0 saturated heterocycles. The van der Waals surface area contributed by atoms with Crippen molar-refractivity contribution < 1.29 is 23.5 Å². The molecule has 2 atom stereocenters. The number of benzene rings is 2. The standard InChI is InChI=1S/C19H18ClF2N3O3/c1-10(25-8-13-14(20)3-2-4-16(13)24-19(25)28)18(27)23-17(9-26)12-6-5-11(21)7-15(12)22/h2-7,10,17,26H,8-9H2,1H3,(H,23,27)(H,24,28)/t10-,17+/m1/s1. The van der Waals surface area contributed by atoms with Crippen molar-refractivity contribution in [2.75, 3.05) is 11.9 Å². The van der Waals surface area contributed by atoms with E-state index in [2.05, 4.69) is 10.6 Å². The number of anilines is 1. The van der Waals surface area contributed by atoms with Crippen LogP contribution in [0.25, 0.3) is 0 Å². The third kappa shape index (κ3) is 3.93. The molecule has 0 fully saturated rings. The summed E-state index contributed by atoms with van der Waals surface area (Å²) < 4.78 is 27.1. The van der Waals surface area contributed by atoms with Gasteiger partial charge in [0.05, 0.1) is 19.2 Å². The lowest BCUT2D eigenvalue weighted by molar-refractivity contribution is -0.126. The van der Waals surface area contributed by atoms with Gasteiger partial charge in [-0.05, 0) is 25.1 Å². The zero-order valence-electron chi connectivity index (χ0n) is 14.9. The molecular weight excluding hydrogens is 392 g/mol. The number of hydrogen-bond acceptors (Lipinski definition) is 3. The van der Waals surface area contributed by atoms with Crippen LogP contribution < -0.4 is 10.6 Å². The van der Waals surface area contributed by atoms with Crippen LogP contribution in [0.3, 0.4) is 0 Å². The van der Waals surface area contributed by atoms with Crippen LogP contribution in [0.4, 0.5) is 19.3 Å². The Morgan fingerprint density at radius 1 is 1.36 bits per heavy atom. The maximum absolute atomic E-state index is 14.0. The first kappa shape index (κ1) is 20.0. The van der Waals surface area contributed by atoms with Gasteiger partial charge in [-0.3, -0.25) is 4.79 Å². The molecule has 9 heteroatoms. The summed E-state index contributed by atoms with van der Waals surface area (Å²) in [6.45, 7) is 1.03. The number of nitrogens with zero attached hydrogens (tertiary/aromatic N) is 1. The molecule has 0 radical (unpaired) electrons. The average Bonchev–Trinajstić information content (AvgIpc) is 2.65. The number of halogens is 3. The van der Waals surface area contributed by atoms with Crippen molar-refractivity contribution in [1.29, 1.82) is 0 Å². The Morgan fingerprint density at radius 3 is 2.79 bits per heavy atom. The molecule has 1 heterocycles. The average molecular weight is 410 g/mol. The molecule has 6 nitrogen and oxygen atoms in total. The van der Waals surface area contributed by atoms with E-state index in [4.69, 9.17) is 11.6 Å². The van der Waals surface area contributed by atoms with Crippen LogP contribution in [0.1, 0.15) is 24.1 Å². The van der Waals surface area contributed by atoms with Gasteiger partial charge in [0.2, 0.25) is 5.91 Å². The molecule has 148 valence electrons. The normalized spacial score (nSPS) is 15.5. The molecule has 3 rings (SSSR count). The van der Waals surface area contributed by atoms with Crippen LogP contribution in [-0.4, -0.2) is 34.6 Å². The van der Waals surface area contributed by atoms with Crippen molar-refractivity contribution in [1.82, 2.24) is 10.2 Å². The van der Waals surface area contributed by atoms with E-state index in [0.29, 0.717) is 22.3 Å². The molecule has 0 saturated carbocycles. The minimum Gasteiger partial charge on any atom is -0.394 e. The summed E-state index contributed by atoms with van der Waals surface area (Å²) in [6.07, 6.45) is 0. The predicted molar refractivity (Wildman–Crippen MR) is 99.8 cm³/mol. The Morgan fingerprint density at radius 2 is 2.11 bits per heavy atom. The van der Waals surface area contributed by atoms with Crippen LogP contribution in [0.15, 0.2) is 36.4 Å². The van der Waals surface area contributed by atoms with Gasteiger partial charge in [0.15, 0.2) is 0 Å². The summed E-state index contributed by atoms with van der Waals surface area (Å²) in [6, 6.07) is 5.46. The molecule has 1 aliphatic heterocycles. The SMILES string of the molecule is C[C@H](C(=O)N[C@@H](CO)c1ccc(F)cc1F)N1Cc2c(Cl)cccc2NC1=O. The smallest absolute Gasteiger partial charge is 0.322 e. The number of carbonyl (C=O) groups excluding carboxylic acids is 2. The topological polar surface area (TPSA) is 81.7 Å². The van der Waals surface area contributed by atoms with E-state index >= 15 is 0 Å². The van der Waals surface area contributed by atoms with Crippen LogP contribution in [-0.2, 0) is 11.3 Å². The molecule has 3 amide bonds. The van der Waals surface area contributed by atoms with E-state index in [1.165, 1.54) is 11.8 Å². The molecule has 28 heavy (non-hydrogen) atoms. The summed E-state index contributed by atoms with van der Waals surface area (Å²) in [5.41, 5.74) is 1.19. The summed E-state index contributed by atoms with van der Waals surface area (Å²) in [5, 5.41) is 15.2. The van der Waals surface area contributed by atoms with E-state index < -0.39 is 42.3 Å². The predicted octanol–water partition coefficient (Wildman–Crippen LogP) is 3.20. The van der Waals surface area contributed by atoms with Crippen molar-refractivity contribution >= 4 is 29.2 Å². The fraction of sp³-hybridized carbons (Fsp3) is 0.263. The summed E-state index contributed by atoms with van der Waals surface area (Å²) in [4.78, 5) is 26.3. The Labute approximate surface area is 165 Å². The van der Waals surface area contributed by atoms with Crippen LogP contribution in [0.5, 0.6) is 0 Å². The maximum Gasteiger partial charge on any atom is 0.322 e. The van der Waals surface area contributed by atoms with Gasteiger partial charge < -0.3 is 20.6 Å². The summed E-state index contributed by atoms with van der Waals surface area (Å²) in [7, 11) is 0. The van der Waals surface area contributed by atoms with E-state index in [1.807, 2.05) is 0 Å². The monoisotopic (exact) mass is 409 g/mol. The number of amides is 3. The molecule has 0 aliphatic carbocycles. The molecule has 0 aromatic heterocycles. The van der Waals surface area contributed by atoms with E-state index in [0.717, 1.165) is 12.1 Å². The minimum atomic E-state index is -1.08. The van der Waals surface area contributed by atoms with Crippen molar-refractivity contribution in [3.63, 3.8) is 0 Å². The molecule has 2 aromatic rings. The van der Waals surface area contributed by atoms with Gasteiger partial charge in [0, 0.05) is 27.9 Å². The highest BCUT2D eigenvalue weighted by Crippen LogP contribution is 2.30. The third-order valence-electron chi connectivity index (χ3n) is 4.63. The zero-order chi connectivity index (χ0) is 20.4. The zero-order valence-corrected chi connectivity index (χ0v) is 15.6. The second-order valence-corrected chi connectivity index (χ2v) is 6.82. The van der Waals surface area contributed by atoms with Gasteiger partial charge in [-0.25, -0.2) is 13.6 Å². The Balaban J connectivity index is 1.76. The van der Waals surface area contributed by atoms with Crippen LogP contribution >= 0.6 is 11.6 Å². The summed E-state index contributed by atoms with van der Waals surface area (Å²) >= 11 is 6.17. The van der Waals surface area contributed by atoms with Gasteiger partial charge in [-0.15, -0.1) is 0 Å². The largest absolute Gasteiger partial charge is 0.394 e. The van der Waals surface area contributed by atoms with Gasteiger partial charge >= 0.3 is 6.03 Å². The summed E-state index contributed by atoms with van der Waals surface area (Å²) in [5.74, 6) is -2.25. The number of aliphatic hydroxyl groups excluding tert-OH is 1. The molecule has 0 unspecified atom stereocenters. The van der Waals surface area contributed by atoms with Crippen molar-refractivity contribution in [3.8, 4) is 0 Å². The number of rotatable bonds is 5. The minimum absolute atomic E-state index is 0.0547. The number of aliphatic hydroxyl groups is 1. The van der Waals surface area contributed by atoms with Crippen molar-refractivity contribution in [2.24, 2.45) is 0 Å². The highest BCUT2D eigenvalue weighted by atomic mass is 35.5. The van der Waals surface area contributed by atoms with Gasteiger partial charge in [0.25, 0.3) is 0 Å². The van der Waals surface area contributed by atoms with E-state index in [9.17, 15) is 23.5 Å². The number of hydrogen-bond donors (Lipinski definition) is 3. The molecule has 3 N–H and O–H groups in total. The lowest BCUT2D eigenvalue weighted by Crippen LogP contribution is -2.51. The first-order chi connectivity index (χ1) is 13.3. The second-order valence-electron chi connectivity index (χ2n) is 6.41. The number of carbonyl (C=O) groups is 2. The molecule has 1 aliphatic rings. The number of urea groups is 1. The quantitative estimate of drug-likeness (QED) is 0.709. The van der Waals surface area contributed by atoms with E-state index in [1.54, 1.807) is 18.2 Å². The third-order valence-corrected chi connectivity index (χ3v) is 4.99. The fourth-order valence-corrected chi connectivity index (χ4v) is 3.25. The molecular formula is C19H18ClF2N3O3. The lowest BCUT2D eigenvalue weighted by Gasteiger charge is -2.34. The first-order valence-electron chi connectivity index (χ1n) is 8.53. The van der Waals surface area contributed by atoms with Crippen LogP contribution in [0, 0.1) is 11.6 Å². The van der Waals surface area contributed by atoms with Gasteiger partial charge in [-0.1, -0.05) is 23.7 Å². The highest BCUT2D eigenvalue weighted by Gasteiger charge is 2.32. The Kier molecular flexibility index (Phi) is 5.81. The molecule has 2 aromatic carbocycles. The lowest BCUT2D eigenvalue weighted by atomic mass is 10.1. The maximum atomic E-state index is 14.0. The number of fused-ring (bicyclic) bond motifs is 1. The van der Waals surface area contributed by atoms with Crippen LogP contribution in [0.2, 0.25) is 5.02 Å². The Bertz CT molecular complexity index is 925. The second kappa shape index (κ2) is 8.12. The molecule has 0 bridgehead atoms. The first-order valence-corrected chi connectivity index (χ1v) is 8.90. The fourth-order valence-electron chi connectivity index (χ4n) is 3.02. The van der Waals surface area contributed by atoms with Gasteiger partial charge in [0.1, 0.15) is 17.7 Å². The van der Waals surface area contributed by atoms with Gasteiger partial charge in [-0.2, -0.15) is 0 Å². The van der Waals surface area contributed by atoms with E-state index in [-0.39, 0.29) is 12.1 Å². The van der Waals surface area contributed by atoms with Crippen molar-refractivity contribution in [2.45, 2.75) is 25.6 Å². The molecule has 0 spiro atoms. The Hall–Kier alpha value is -2.71. The number of nitrogens with one attached hydrogen (secondary N) is 2. The highest BCUT2D eigenvalue weighted by molar-refractivity contribution is 6.32. The van der Waals surface area contributed by atoms with Crippen molar-refractivity contribution in [3.05, 3.63) is 64.2 Å².